The summed E-state index contributed by atoms with van der Waals surface area (Å²) >= 11 is 0. The van der Waals surface area contributed by atoms with Crippen LogP contribution in [0.3, 0.4) is 0 Å². The third-order valence-electron chi connectivity index (χ3n) is 9.05. The third kappa shape index (κ3) is 18.9. The van der Waals surface area contributed by atoms with Crippen molar-refractivity contribution >= 4 is 29.5 Å². The van der Waals surface area contributed by atoms with Crippen molar-refractivity contribution in [3.8, 4) is 5.75 Å². The van der Waals surface area contributed by atoms with Gasteiger partial charge in [-0.15, -0.1) is 0 Å². The van der Waals surface area contributed by atoms with Crippen LogP contribution in [0, 0.1) is 17.8 Å². The number of unbranched alkanes of at least 4 members (excludes halogenated alkanes) is 3. The van der Waals surface area contributed by atoms with Crippen LogP contribution in [-0.2, 0) is 36.8 Å². The summed E-state index contributed by atoms with van der Waals surface area (Å²) in [7, 11) is 0. The predicted octanol–water partition coefficient (Wildman–Crippen LogP) is 4.17. The first-order valence-corrected chi connectivity index (χ1v) is 18.7. The molecule has 0 saturated carbocycles. The number of phenolic OH excluding ortho intramolecular Hbond substituents is 1. The van der Waals surface area contributed by atoms with E-state index in [2.05, 4.69) is 21.3 Å². The minimum Gasteiger partial charge on any atom is -0.508 e. The average Bonchev–Trinajstić information content (AvgIpc) is 3.07. The lowest BCUT2D eigenvalue weighted by molar-refractivity contribution is -0.143. The van der Waals surface area contributed by atoms with Gasteiger partial charge in [0.15, 0.2) is 5.78 Å². The van der Waals surface area contributed by atoms with Crippen LogP contribution in [-0.4, -0.2) is 77.4 Å². The molecule has 0 saturated heterocycles. The van der Waals surface area contributed by atoms with Crippen molar-refractivity contribution in [1.82, 2.24) is 21.3 Å². The molecule has 12 heteroatoms. The van der Waals surface area contributed by atoms with E-state index in [0.29, 0.717) is 51.6 Å². The number of carbonyl (C=O) groups excluding carboxylic acids is 4. The summed E-state index contributed by atoms with van der Waals surface area (Å²) in [6.07, 6.45) is 11.1. The molecule has 0 radical (unpaired) electrons. The van der Waals surface area contributed by atoms with Gasteiger partial charge in [0.25, 0.3) is 0 Å². The maximum Gasteiger partial charge on any atom is 0.326 e. The number of amides is 3. The first-order chi connectivity index (χ1) is 24.2. The number of carbonyl (C=O) groups is 5. The Bertz CT molecular complexity index is 1270. The number of aromatic hydroxyl groups is 1. The maximum atomic E-state index is 13.2. The number of rotatable bonds is 27. The molecule has 0 aromatic heterocycles. The fraction of sp³-hybridized carbons (Fsp3) is 0.667. The SMILES string of the molecule is CCC(C)[C@H](NC(=O)[C@@H](C)Cc1ccc(O)c(C/C=C\CNCCCCCC(=O)N[C@@H](CCCCN)C(C)=O)c1)C(=O)N[C@@H](CC(C)C)C(=O)O. The van der Waals surface area contributed by atoms with Gasteiger partial charge in [0.2, 0.25) is 17.7 Å². The monoisotopic (exact) mass is 715 g/mol. The van der Waals surface area contributed by atoms with E-state index in [1.54, 1.807) is 19.1 Å². The number of phenols is 1. The van der Waals surface area contributed by atoms with Crippen LogP contribution in [0.15, 0.2) is 30.4 Å². The highest BCUT2D eigenvalue weighted by Gasteiger charge is 2.31. The molecule has 1 aromatic carbocycles. The number of aliphatic carboxylic acids is 1. The molecule has 0 bridgehead atoms. The van der Waals surface area contributed by atoms with Crippen molar-refractivity contribution in [2.45, 2.75) is 130 Å². The molecule has 0 aliphatic rings. The van der Waals surface area contributed by atoms with E-state index in [4.69, 9.17) is 5.73 Å². The fourth-order valence-electron chi connectivity index (χ4n) is 5.66. The Morgan fingerprint density at radius 1 is 0.882 bits per heavy atom. The summed E-state index contributed by atoms with van der Waals surface area (Å²) in [6, 6.07) is 2.98. The van der Waals surface area contributed by atoms with Crippen molar-refractivity contribution in [3.63, 3.8) is 0 Å². The standard InChI is InChI=1S/C39H65N5O7/c1-7-27(4)36(38(49)43-33(39(50)51)23-26(2)3)44-37(48)28(5)24-30-18-19-34(46)31(25-30)15-11-14-22-41-21-13-8-9-17-35(47)42-32(29(6)45)16-10-12-20-40/h11,14,18-19,25-28,32-33,36,41,46H,7-10,12-13,15-17,20-24,40H2,1-6H3,(H,42,47)(H,43,49)(H,44,48)(H,50,51)/b14-11-/t27?,28-,32-,33-,36-/m0/s1. The second-order valence-electron chi connectivity index (χ2n) is 14.2. The highest BCUT2D eigenvalue weighted by molar-refractivity contribution is 5.91. The normalized spacial score (nSPS) is 14.4. The molecular weight excluding hydrogens is 650 g/mol. The Kier molecular flexibility index (Phi) is 22.4. The van der Waals surface area contributed by atoms with Gasteiger partial charge in [-0.25, -0.2) is 4.79 Å². The lowest BCUT2D eigenvalue weighted by atomic mass is 9.94. The Morgan fingerprint density at radius 2 is 1.61 bits per heavy atom. The summed E-state index contributed by atoms with van der Waals surface area (Å²) in [6.45, 7) is 12.9. The molecular formula is C39H65N5O7. The van der Waals surface area contributed by atoms with E-state index in [0.717, 1.165) is 49.8 Å². The van der Waals surface area contributed by atoms with Crippen molar-refractivity contribution in [3.05, 3.63) is 41.5 Å². The number of benzene rings is 1. The van der Waals surface area contributed by atoms with Gasteiger partial charge in [0, 0.05) is 18.9 Å². The molecule has 51 heavy (non-hydrogen) atoms. The Morgan fingerprint density at radius 3 is 2.24 bits per heavy atom. The zero-order valence-corrected chi connectivity index (χ0v) is 31.8. The number of hydrogen-bond acceptors (Lipinski definition) is 8. The molecule has 0 aliphatic carbocycles. The minimum absolute atomic E-state index is 0.0260. The molecule has 5 atom stereocenters. The van der Waals surface area contributed by atoms with E-state index in [1.165, 1.54) is 6.92 Å². The number of carboxylic acids is 1. The molecule has 3 amide bonds. The van der Waals surface area contributed by atoms with Crippen LogP contribution in [0.25, 0.3) is 0 Å². The number of allylic oxidation sites excluding steroid dienone is 1. The van der Waals surface area contributed by atoms with Gasteiger partial charge >= 0.3 is 5.97 Å². The minimum atomic E-state index is -1.10. The van der Waals surface area contributed by atoms with Crippen LogP contribution in [0.2, 0.25) is 0 Å². The van der Waals surface area contributed by atoms with E-state index in [9.17, 15) is 34.2 Å². The number of ketones is 1. The molecule has 0 aliphatic heterocycles. The van der Waals surface area contributed by atoms with Gasteiger partial charge in [-0.2, -0.15) is 0 Å². The van der Waals surface area contributed by atoms with Crippen molar-refractivity contribution in [1.29, 1.82) is 0 Å². The second kappa shape index (κ2) is 25.2. The number of nitrogens with two attached hydrogens (primary N) is 1. The highest BCUT2D eigenvalue weighted by atomic mass is 16.4. The topological polar surface area (TPSA) is 200 Å². The predicted molar refractivity (Wildman–Crippen MR) is 201 cm³/mol. The molecule has 12 nitrogen and oxygen atoms in total. The molecule has 1 unspecified atom stereocenters. The van der Waals surface area contributed by atoms with Crippen LogP contribution in [0.5, 0.6) is 5.75 Å². The summed E-state index contributed by atoms with van der Waals surface area (Å²) in [5.74, 6) is -2.43. The number of carboxylic acid groups (broad SMARTS) is 1. The maximum absolute atomic E-state index is 13.2. The third-order valence-corrected chi connectivity index (χ3v) is 9.05. The van der Waals surface area contributed by atoms with Gasteiger partial charge in [-0.05, 0) is 100 Å². The molecule has 288 valence electrons. The smallest absolute Gasteiger partial charge is 0.326 e. The molecule has 1 aromatic rings. The Labute approximate surface area is 305 Å². The molecule has 8 N–H and O–H groups in total. The van der Waals surface area contributed by atoms with E-state index in [1.807, 2.05) is 45.9 Å². The number of Topliss-reactive ketones (excluding diaryl/α,β-unsaturated/α-hetero) is 1. The van der Waals surface area contributed by atoms with Gasteiger partial charge in [0.05, 0.1) is 6.04 Å². The van der Waals surface area contributed by atoms with Gasteiger partial charge in [-0.1, -0.05) is 71.7 Å². The Balaban J connectivity index is 2.53. The zero-order valence-electron chi connectivity index (χ0n) is 31.8. The van der Waals surface area contributed by atoms with Crippen molar-refractivity contribution in [2.24, 2.45) is 23.5 Å². The second-order valence-corrected chi connectivity index (χ2v) is 14.2. The average molecular weight is 716 g/mol. The van der Waals surface area contributed by atoms with Crippen LogP contribution >= 0.6 is 0 Å². The molecule has 0 fully saturated rings. The quantitative estimate of drug-likeness (QED) is 0.0516. The van der Waals surface area contributed by atoms with Crippen LogP contribution in [0.4, 0.5) is 0 Å². The number of hydrogen-bond donors (Lipinski definition) is 7. The lowest BCUT2D eigenvalue weighted by Crippen LogP contribution is -2.55. The van der Waals surface area contributed by atoms with E-state index < -0.39 is 35.9 Å². The lowest BCUT2D eigenvalue weighted by Gasteiger charge is -2.27. The summed E-state index contributed by atoms with van der Waals surface area (Å²) in [5, 5.41) is 31.7. The molecule has 1 rings (SSSR count). The molecule has 0 spiro atoms. The van der Waals surface area contributed by atoms with E-state index >= 15 is 0 Å². The first-order valence-electron chi connectivity index (χ1n) is 18.7. The van der Waals surface area contributed by atoms with Gasteiger partial charge in [0.1, 0.15) is 17.8 Å². The summed E-state index contributed by atoms with van der Waals surface area (Å²) in [5.41, 5.74) is 7.13. The largest absolute Gasteiger partial charge is 0.508 e. The van der Waals surface area contributed by atoms with E-state index in [-0.39, 0.29) is 35.2 Å². The van der Waals surface area contributed by atoms with Crippen LogP contribution in [0.1, 0.15) is 110 Å². The number of nitrogens with one attached hydrogen (secondary N) is 4. The van der Waals surface area contributed by atoms with Gasteiger partial charge in [-0.3, -0.25) is 19.2 Å². The zero-order chi connectivity index (χ0) is 38.3. The van der Waals surface area contributed by atoms with Crippen molar-refractivity contribution in [2.75, 3.05) is 19.6 Å². The Hall–Kier alpha value is -3.77. The van der Waals surface area contributed by atoms with Gasteiger partial charge < -0.3 is 37.2 Å². The first kappa shape index (κ1) is 45.3. The summed E-state index contributed by atoms with van der Waals surface area (Å²) in [4.78, 5) is 62.0. The fourth-order valence-corrected chi connectivity index (χ4v) is 5.66. The highest BCUT2D eigenvalue weighted by Crippen LogP contribution is 2.22. The molecule has 0 heterocycles. The van der Waals surface area contributed by atoms with Crippen molar-refractivity contribution < 1.29 is 34.2 Å². The van der Waals surface area contributed by atoms with Crippen LogP contribution < -0.4 is 27.0 Å². The summed E-state index contributed by atoms with van der Waals surface area (Å²) < 4.78 is 0.